The standard InChI is InChI=1S/C22H20ClNO5/c1-26-12-6-7-19(27-2)18(8-12)24-10-16-20-15(9-17(23)21(16)28-11-24)13-4-3-5-14(13)22(25)29-20/h6-9H,3-5,10-11H2,1-2H3. The number of halogens is 1. The van der Waals surface area contributed by atoms with Gasteiger partial charge in [0.2, 0.25) is 0 Å². The average molecular weight is 414 g/mol. The van der Waals surface area contributed by atoms with Crippen molar-refractivity contribution in [1.29, 1.82) is 0 Å². The van der Waals surface area contributed by atoms with E-state index < -0.39 is 0 Å². The van der Waals surface area contributed by atoms with Crippen LogP contribution in [0.25, 0.3) is 11.0 Å². The van der Waals surface area contributed by atoms with Gasteiger partial charge in [-0.1, -0.05) is 11.6 Å². The fourth-order valence-corrected chi connectivity index (χ4v) is 4.58. The molecule has 0 N–H and O–H groups in total. The molecule has 0 spiro atoms. The molecule has 0 bridgehead atoms. The first-order valence-electron chi connectivity index (χ1n) is 9.50. The smallest absolute Gasteiger partial charge is 0.339 e. The molecule has 3 aromatic rings. The van der Waals surface area contributed by atoms with Gasteiger partial charge in [0.05, 0.1) is 37.0 Å². The maximum atomic E-state index is 12.5. The molecule has 2 aliphatic rings. The van der Waals surface area contributed by atoms with Gasteiger partial charge in [0.25, 0.3) is 0 Å². The SMILES string of the molecule is COc1ccc(OC)c(N2COc3c(Cl)cc4c5c(c(=O)oc4c3C2)CCC5)c1. The predicted molar refractivity (Wildman–Crippen MR) is 111 cm³/mol. The number of benzene rings is 2. The third kappa shape index (κ3) is 2.82. The second-order valence-corrected chi connectivity index (χ2v) is 7.66. The molecule has 0 saturated carbocycles. The summed E-state index contributed by atoms with van der Waals surface area (Å²) in [5.74, 6) is 1.98. The van der Waals surface area contributed by atoms with Crippen LogP contribution in [0.3, 0.4) is 0 Å². The molecule has 1 aliphatic carbocycles. The van der Waals surface area contributed by atoms with Crippen LogP contribution in [0, 0.1) is 0 Å². The highest BCUT2D eigenvalue weighted by Crippen LogP contribution is 2.43. The minimum Gasteiger partial charge on any atom is -0.497 e. The van der Waals surface area contributed by atoms with E-state index in [4.69, 9.17) is 30.2 Å². The molecule has 7 heteroatoms. The van der Waals surface area contributed by atoms with Gasteiger partial charge in [0.15, 0.2) is 6.73 Å². The van der Waals surface area contributed by atoms with Gasteiger partial charge in [-0.25, -0.2) is 4.79 Å². The highest BCUT2D eigenvalue weighted by molar-refractivity contribution is 6.33. The Kier molecular flexibility index (Phi) is 4.32. The van der Waals surface area contributed by atoms with Crippen molar-refractivity contribution in [2.24, 2.45) is 0 Å². The summed E-state index contributed by atoms with van der Waals surface area (Å²) in [5, 5.41) is 1.44. The summed E-state index contributed by atoms with van der Waals surface area (Å²) in [6, 6.07) is 7.46. The van der Waals surface area contributed by atoms with E-state index in [0.717, 1.165) is 47.0 Å². The third-order valence-corrected chi connectivity index (χ3v) is 5.99. The number of aryl methyl sites for hydroxylation is 1. The summed E-state index contributed by atoms with van der Waals surface area (Å²) in [7, 11) is 3.24. The van der Waals surface area contributed by atoms with Gasteiger partial charge in [-0.05, 0) is 43.0 Å². The minimum absolute atomic E-state index is 0.259. The Hall–Kier alpha value is -2.86. The lowest BCUT2D eigenvalue weighted by Crippen LogP contribution is -2.32. The van der Waals surface area contributed by atoms with Crippen LogP contribution in [0.5, 0.6) is 17.2 Å². The Morgan fingerprint density at radius 3 is 2.69 bits per heavy atom. The first-order valence-corrected chi connectivity index (χ1v) is 9.88. The number of methoxy groups -OCH3 is 2. The molecular weight excluding hydrogens is 394 g/mol. The van der Waals surface area contributed by atoms with Gasteiger partial charge in [-0.3, -0.25) is 0 Å². The van der Waals surface area contributed by atoms with Crippen LogP contribution in [-0.2, 0) is 19.4 Å². The van der Waals surface area contributed by atoms with E-state index in [-0.39, 0.29) is 12.4 Å². The number of hydrogen-bond acceptors (Lipinski definition) is 6. The van der Waals surface area contributed by atoms with Crippen molar-refractivity contribution >= 4 is 28.3 Å². The summed E-state index contributed by atoms with van der Waals surface area (Å²) < 4.78 is 22.7. The Morgan fingerprint density at radius 2 is 1.90 bits per heavy atom. The average Bonchev–Trinajstić information content (AvgIpc) is 3.25. The van der Waals surface area contributed by atoms with Crippen LogP contribution < -0.4 is 24.7 Å². The number of ether oxygens (including phenoxy) is 3. The van der Waals surface area contributed by atoms with Crippen LogP contribution in [0.15, 0.2) is 33.5 Å². The quantitative estimate of drug-likeness (QED) is 0.596. The number of rotatable bonds is 3. The molecule has 0 radical (unpaired) electrons. The van der Waals surface area contributed by atoms with Gasteiger partial charge in [-0.15, -0.1) is 0 Å². The lowest BCUT2D eigenvalue weighted by Gasteiger charge is -2.32. The predicted octanol–water partition coefficient (Wildman–Crippen LogP) is 4.31. The first kappa shape index (κ1) is 18.2. The highest BCUT2D eigenvalue weighted by Gasteiger charge is 2.29. The van der Waals surface area contributed by atoms with Crippen molar-refractivity contribution in [3.63, 3.8) is 0 Å². The van der Waals surface area contributed by atoms with Gasteiger partial charge in [0, 0.05) is 17.0 Å². The zero-order valence-corrected chi connectivity index (χ0v) is 17.0. The highest BCUT2D eigenvalue weighted by atomic mass is 35.5. The summed E-state index contributed by atoms with van der Waals surface area (Å²) >= 11 is 6.55. The lowest BCUT2D eigenvalue weighted by atomic mass is 10.0. The molecule has 6 nitrogen and oxygen atoms in total. The molecule has 1 aliphatic heterocycles. The largest absolute Gasteiger partial charge is 0.497 e. The fraction of sp³-hybridized carbons (Fsp3) is 0.318. The Bertz CT molecular complexity index is 1190. The molecule has 0 atom stereocenters. The summed E-state index contributed by atoms with van der Waals surface area (Å²) in [4.78, 5) is 14.5. The van der Waals surface area contributed by atoms with Crippen molar-refractivity contribution in [1.82, 2.24) is 0 Å². The summed E-state index contributed by atoms with van der Waals surface area (Å²) in [5.41, 5.74) is 3.73. The monoisotopic (exact) mass is 413 g/mol. The summed E-state index contributed by atoms with van der Waals surface area (Å²) in [6.07, 6.45) is 2.57. The van der Waals surface area contributed by atoms with E-state index in [1.807, 2.05) is 29.2 Å². The molecular formula is C22H20ClNO5. The third-order valence-electron chi connectivity index (χ3n) is 5.71. The zero-order chi connectivity index (χ0) is 20.1. The van der Waals surface area contributed by atoms with Gasteiger partial charge >= 0.3 is 5.63 Å². The molecule has 2 heterocycles. The summed E-state index contributed by atoms with van der Waals surface area (Å²) in [6.45, 7) is 0.759. The minimum atomic E-state index is -0.259. The maximum absolute atomic E-state index is 12.5. The molecule has 0 fully saturated rings. The van der Waals surface area contributed by atoms with Crippen LogP contribution in [-0.4, -0.2) is 21.0 Å². The molecule has 1 aromatic heterocycles. The second kappa shape index (κ2) is 6.88. The van der Waals surface area contributed by atoms with E-state index in [1.165, 1.54) is 0 Å². The van der Waals surface area contributed by atoms with Crippen LogP contribution in [0.4, 0.5) is 5.69 Å². The Labute approximate surface area is 172 Å². The zero-order valence-electron chi connectivity index (χ0n) is 16.2. The van der Waals surface area contributed by atoms with E-state index in [2.05, 4.69) is 0 Å². The lowest BCUT2D eigenvalue weighted by molar-refractivity contribution is 0.287. The Balaban J connectivity index is 1.67. The van der Waals surface area contributed by atoms with Crippen molar-refractivity contribution < 1.29 is 18.6 Å². The van der Waals surface area contributed by atoms with E-state index in [0.29, 0.717) is 34.4 Å². The van der Waals surface area contributed by atoms with Crippen molar-refractivity contribution in [2.75, 3.05) is 25.9 Å². The Morgan fingerprint density at radius 1 is 1.07 bits per heavy atom. The molecule has 0 unspecified atom stereocenters. The van der Waals surface area contributed by atoms with Crippen molar-refractivity contribution in [3.8, 4) is 17.2 Å². The normalized spacial score (nSPS) is 15.1. The van der Waals surface area contributed by atoms with Crippen LogP contribution in [0.2, 0.25) is 5.02 Å². The number of anilines is 1. The van der Waals surface area contributed by atoms with Crippen molar-refractivity contribution in [3.05, 3.63) is 56.4 Å². The molecule has 5 rings (SSSR count). The maximum Gasteiger partial charge on any atom is 0.339 e. The molecule has 29 heavy (non-hydrogen) atoms. The topological polar surface area (TPSA) is 61.1 Å². The molecule has 0 saturated heterocycles. The number of nitrogens with zero attached hydrogens (tertiary/aromatic N) is 1. The number of hydrogen-bond donors (Lipinski definition) is 0. The first-order chi connectivity index (χ1) is 14.1. The number of fused-ring (bicyclic) bond motifs is 5. The molecule has 2 aromatic carbocycles. The van der Waals surface area contributed by atoms with Crippen molar-refractivity contribution in [2.45, 2.75) is 25.8 Å². The van der Waals surface area contributed by atoms with E-state index >= 15 is 0 Å². The van der Waals surface area contributed by atoms with Gasteiger partial charge < -0.3 is 23.5 Å². The van der Waals surface area contributed by atoms with Crippen LogP contribution >= 0.6 is 11.6 Å². The molecule has 150 valence electrons. The fourth-order valence-electron chi connectivity index (χ4n) is 4.31. The van der Waals surface area contributed by atoms with Crippen LogP contribution in [0.1, 0.15) is 23.1 Å². The van der Waals surface area contributed by atoms with Gasteiger partial charge in [-0.2, -0.15) is 0 Å². The van der Waals surface area contributed by atoms with E-state index in [9.17, 15) is 4.79 Å². The molecule has 0 amide bonds. The second-order valence-electron chi connectivity index (χ2n) is 7.25. The van der Waals surface area contributed by atoms with E-state index in [1.54, 1.807) is 14.2 Å². The van der Waals surface area contributed by atoms with Gasteiger partial charge in [0.1, 0.15) is 22.8 Å².